The van der Waals surface area contributed by atoms with Gasteiger partial charge in [0.25, 0.3) is 6.43 Å². The Morgan fingerprint density at radius 2 is 2.29 bits per heavy atom. The Hall–Kier alpha value is -0.630. The minimum atomic E-state index is -2.68. The summed E-state index contributed by atoms with van der Waals surface area (Å²) in [6, 6.07) is 0. The predicted molar refractivity (Wildman–Crippen MR) is 55.2 cm³/mol. The molecule has 1 heterocycles. The van der Waals surface area contributed by atoms with Gasteiger partial charge in [0.1, 0.15) is 0 Å². The first-order valence-electron chi connectivity index (χ1n) is 3.72. The molecule has 0 aliphatic carbocycles. The topological polar surface area (TPSA) is 56.0 Å². The molecule has 0 aliphatic rings. The summed E-state index contributed by atoms with van der Waals surface area (Å²) in [6.07, 6.45) is -1.19. The summed E-state index contributed by atoms with van der Waals surface area (Å²) >= 11 is 1.72. The first kappa shape index (κ1) is 11.4. The summed E-state index contributed by atoms with van der Waals surface area (Å²) in [6.45, 7) is 0.0805. The monoisotopic (exact) mass is 312 g/mol. The van der Waals surface area contributed by atoms with Crippen LogP contribution in [-0.4, -0.2) is 11.3 Å². The number of hydrogen-bond acceptors (Lipinski definition) is 3. The van der Waals surface area contributed by atoms with E-state index in [4.69, 9.17) is 5.73 Å². The number of aldehydes is 1. The van der Waals surface area contributed by atoms with Gasteiger partial charge in [0.15, 0.2) is 6.29 Å². The number of pyridine rings is 1. The Morgan fingerprint density at radius 1 is 1.64 bits per heavy atom. The zero-order valence-electron chi connectivity index (χ0n) is 7.01. The average Bonchev–Trinajstić information content (AvgIpc) is 2.16. The van der Waals surface area contributed by atoms with Gasteiger partial charge in [0, 0.05) is 27.4 Å². The van der Waals surface area contributed by atoms with Gasteiger partial charge in [-0.3, -0.25) is 9.78 Å². The van der Waals surface area contributed by atoms with Gasteiger partial charge in [-0.15, -0.1) is 0 Å². The summed E-state index contributed by atoms with van der Waals surface area (Å²) < 4.78 is 25.4. The Labute approximate surface area is 92.8 Å². The van der Waals surface area contributed by atoms with Crippen LogP contribution >= 0.6 is 22.6 Å². The number of carbonyl (C=O) groups is 1. The van der Waals surface area contributed by atoms with Crippen LogP contribution in [0.2, 0.25) is 0 Å². The highest BCUT2D eigenvalue weighted by atomic mass is 127. The summed E-state index contributed by atoms with van der Waals surface area (Å²) in [7, 11) is 0. The minimum absolute atomic E-state index is 0.0805. The molecule has 0 radical (unpaired) electrons. The van der Waals surface area contributed by atoms with E-state index in [-0.39, 0.29) is 21.2 Å². The van der Waals surface area contributed by atoms with Gasteiger partial charge in [0.2, 0.25) is 0 Å². The number of nitrogens with zero attached hydrogens (tertiary/aromatic N) is 1. The van der Waals surface area contributed by atoms with Crippen molar-refractivity contribution in [3.63, 3.8) is 0 Å². The Morgan fingerprint density at radius 3 is 2.71 bits per heavy atom. The lowest BCUT2D eigenvalue weighted by atomic mass is 10.1. The molecule has 1 aromatic rings. The van der Waals surface area contributed by atoms with Gasteiger partial charge in [-0.1, -0.05) is 0 Å². The van der Waals surface area contributed by atoms with Crippen molar-refractivity contribution in [2.24, 2.45) is 5.73 Å². The molecular formula is C8H7F2IN2O. The van der Waals surface area contributed by atoms with Crippen molar-refractivity contribution in [2.45, 2.75) is 13.0 Å². The highest BCUT2D eigenvalue weighted by Crippen LogP contribution is 2.28. The number of carbonyl (C=O) groups excluding carboxylic acids is 1. The maximum atomic E-state index is 12.6. The molecule has 1 rings (SSSR count). The lowest BCUT2D eigenvalue weighted by Gasteiger charge is -2.09. The Balaban J connectivity index is 3.38. The highest BCUT2D eigenvalue weighted by molar-refractivity contribution is 14.1. The molecular weight excluding hydrogens is 305 g/mol. The van der Waals surface area contributed by atoms with Crippen LogP contribution < -0.4 is 5.73 Å². The molecule has 76 valence electrons. The zero-order valence-corrected chi connectivity index (χ0v) is 9.16. The minimum Gasteiger partial charge on any atom is -0.325 e. The van der Waals surface area contributed by atoms with E-state index in [0.717, 1.165) is 6.20 Å². The summed E-state index contributed by atoms with van der Waals surface area (Å²) in [5.74, 6) is 0. The second-order valence-corrected chi connectivity index (χ2v) is 3.59. The van der Waals surface area contributed by atoms with E-state index < -0.39 is 6.43 Å². The van der Waals surface area contributed by atoms with E-state index in [2.05, 4.69) is 4.98 Å². The number of hydrogen-bond donors (Lipinski definition) is 1. The standard InChI is InChI=1S/C8H7F2IN2O/c9-8(10)6-4(3-14)2-13-5(1-12)7(6)11/h2-3,8H,1,12H2. The Bertz CT molecular complexity index is 357. The van der Waals surface area contributed by atoms with Gasteiger partial charge >= 0.3 is 0 Å². The third kappa shape index (κ3) is 2.06. The molecule has 0 aliphatic heterocycles. The van der Waals surface area contributed by atoms with Crippen molar-refractivity contribution in [1.82, 2.24) is 4.98 Å². The lowest BCUT2D eigenvalue weighted by molar-refractivity contribution is 0.110. The smallest absolute Gasteiger partial charge is 0.265 e. The quantitative estimate of drug-likeness (QED) is 0.685. The van der Waals surface area contributed by atoms with E-state index in [1.165, 1.54) is 0 Å². The fourth-order valence-electron chi connectivity index (χ4n) is 1.01. The molecule has 0 saturated carbocycles. The molecule has 0 saturated heterocycles. The van der Waals surface area contributed by atoms with E-state index in [1.807, 2.05) is 0 Å². The predicted octanol–water partition coefficient (Wildman–Crippen LogP) is 1.89. The molecule has 0 amide bonds. The molecule has 1 aromatic heterocycles. The van der Waals surface area contributed by atoms with Crippen molar-refractivity contribution in [3.8, 4) is 0 Å². The summed E-state index contributed by atoms with van der Waals surface area (Å²) in [4.78, 5) is 14.3. The highest BCUT2D eigenvalue weighted by Gasteiger charge is 2.19. The second kappa shape index (κ2) is 4.74. The number of nitrogens with two attached hydrogens (primary N) is 1. The van der Waals surface area contributed by atoms with Crippen molar-refractivity contribution in [2.75, 3.05) is 0 Å². The van der Waals surface area contributed by atoms with Gasteiger partial charge in [-0.2, -0.15) is 0 Å². The van der Waals surface area contributed by atoms with Gasteiger partial charge in [0.05, 0.1) is 5.69 Å². The maximum absolute atomic E-state index is 12.6. The van der Waals surface area contributed by atoms with Crippen LogP contribution in [0, 0.1) is 3.57 Å². The molecule has 2 N–H and O–H groups in total. The van der Waals surface area contributed by atoms with Crippen molar-refractivity contribution >= 4 is 28.9 Å². The molecule has 6 heteroatoms. The molecule has 0 spiro atoms. The molecule has 3 nitrogen and oxygen atoms in total. The van der Waals surface area contributed by atoms with E-state index in [9.17, 15) is 13.6 Å². The molecule has 0 atom stereocenters. The van der Waals surface area contributed by atoms with Gasteiger partial charge in [-0.25, -0.2) is 8.78 Å². The normalized spacial score (nSPS) is 10.6. The Kier molecular flexibility index (Phi) is 3.87. The SMILES string of the molecule is NCc1ncc(C=O)c(C(F)F)c1I. The van der Waals surface area contributed by atoms with Gasteiger partial charge < -0.3 is 5.73 Å². The van der Waals surface area contributed by atoms with Gasteiger partial charge in [-0.05, 0) is 22.6 Å². The van der Waals surface area contributed by atoms with Crippen molar-refractivity contribution in [3.05, 3.63) is 26.6 Å². The summed E-state index contributed by atoms with van der Waals surface area (Å²) in [5, 5.41) is 0. The van der Waals surface area contributed by atoms with Crippen LogP contribution in [0.25, 0.3) is 0 Å². The van der Waals surface area contributed by atoms with Crippen LogP contribution in [-0.2, 0) is 6.54 Å². The third-order valence-electron chi connectivity index (χ3n) is 1.70. The molecule has 0 unspecified atom stereocenters. The number of aromatic nitrogens is 1. The van der Waals surface area contributed by atoms with Crippen LogP contribution in [0.5, 0.6) is 0 Å². The fourth-order valence-corrected chi connectivity index (χ4v) is 1.92. The number of halogens is 3. The van der Waals surface area contributed by atoms with Crippen molar-refractivity contribution in [1.29, 1.82) is 0 Å². The molecule has 14 heavy (non-hydrogen) atoms. The van der Waals surface area contributed by atoms with Crippen LogP contribution in [0.4, 0.5) is 8.78 Å². The van der Waals surface area contributed by atoms with E-state index in [1.54, 1.807) is 22.6 Å². The molecule has 0 fully saturated rings. The van der Waals surface area contributed by atoms with Crippen molar-refractivity contribution < 1.29 is 13.6 Å². The van der Waals surface area contributed by atoms with E-state index in [0.29, 0.717) is 12.0 Å². The first-order valence-corrected chi connectivity index (χ1v) is 4.80. The first-order chi connectivity index (χ1) is 6.61. The molecule has 0 bridgehead atoms. The largest absolute Gasteiger partial charge is 0.325 e. The van der Waals surface area contributed by atoms with Crippen LogP contribution in [0.3, 0.4) is 0 Å². The van der Waals surface area contributed by atoms with Crippen LogP contribution in [0.1, 0.15) is 28.0 Å². The third-order valence-corrected chi connectivity index (χ3v) is 2.90. The zero-order chi connectivity index (χ0) is 10.7. The summed E-state index contributed by atoms with van der Waals surface area (Å²) in [5.41, 5.74) is 5.33. The average molecular weight is 312 g/mol. The lowest BCUT2D eigenvalue weighted by Crippen LogP contribution is -2.08. The number of alkyl halides is 2. The second-order valence-electron chi connectivity index (χ2n) is 2.51. The molecule has 0 aromatic carbocycles. The maximum Gasteiger partial charge on any atom is 0.265 e. The van der Waals surface area contributed by atoms with E-state index >= 15 is 0 Å². The fraction of sp³-hybridized carbons (Fsp3) is 0.250. The number of rotatable bonds is 3. The van der Waals surface area contributed by atoms with Crippen LogP contribution in [0.15, 0.2) is 6.20 Å².